The first-order valence-electron chi connectivity index (χ1n) is 8.49. The first-order valence-corrected chi connectivity index (χ1v) is 10.0. The Hall–Kier alpha value is -1.67. The van der Waals surface area contributed by atoms with Crippen LogP contribution in [0.3, 0.4) is 0 Å². The number of thioether (sulfide) groups is 1. The SMILES string of the molecule is O=C(C1CSCN1C(=O)/C=C/c1cc(C(F)(F)F)ccc1Cl)N1CCCC1. The van der Waals surface area contributed by atoms with Crippen molar-refractivity contribution in [2.24, 2.45) is 0 Å². The molecule has 0 aliphatic carbocycles. The van der Waals surface area contributed by atoms with Crippen molar-refractivity contribution in [2.45, 2.75) is 25.1 Å². The Kier molecular flexibility index (Phi) is 6.05. The predicted octanol–water partition coefficient (Wildman–Crippen LogP) is 3.90. The molecule has 2 amide bonds. The zero-order valence-corrected chi connectivity index (χ0v) is 15.9. The number of carbonyl (C=O) groups excluding carboxylic acids is 2. The molecule has 9 heteroatoms. The van der Waals surface area contributed by atoms with E-state index in [1.165, 1.54) is 28.8 Å². The maximum absolute atomic E-state index is 12.8. The van der Waals surface area contributed by atoms with Crippen LogP contribution in [0.5, 0.6) is 0 Å². The van der Waals surface area contributed by atoms with Crippen LogP contribution in [0, 0.1) is 0 Å². The lowest BCUT2D eigenvalue weighted by molar-refractivity contribution is -0.140. The van der Waals surface area contributed by atoms with E-state index in [0.717, 1.165) is 31.0 Å². The van der Waals surface area contributed by atoms with Crippen LogP contribution < -0.4 is 0 Å². The Morgan fingerprint density at radius 1 is 1.22 bits per heavy atom. The van der Waals surface area contributed by atoms with Gasteiger partial charge in [-0.3, -0.25) is 9.59 Å². The molecule has 2 aliphatic rings. The highest BCUT2D eigenvalue weighted by atomic mass is 35.5. The number of likely N-dealkylation sites (tertiary alicyclic amines) is 1. The summed E-state index contributed by atoms with van der Waals surface area (Å²) in [5, 5.41) is 0.118. The van der Waals surface area contributed by atoms with Gasteiger partial charge in [0, 0.05) is 29.9 Å². The summed E-state index contributed by atoms with van der Waals surface area (Å²) in [5.41, 5.74) is -0.730. The van der Waals surface area contributed by atoms with Gasteiger partial charge in [-0.1, -0.05) is 11.6 Å². The van der Waals surface area contributed by atoms with Crippen molar-refractivity contribution >= 4 is 41.3 Å². The Morgan fingerprint density at radius 3 is 2.59 bits per heavy atom. The molecule has 3 rings (SSSR count). The number of rotatable bonds is 3. The molecule has 0 saturated carbocycles. The Labute approximate surface area is 164 Å². The zero-order chi connectivity index (χ0) is 19.6. The third-order valence-electron chi connectivity index (χ3n) is 4.60. The monoisotopic (exact) mass is 418 g/mol. The van der Waals surface area contributed by atoms with Crippen molar-refractivity contribution in [2.75, 3.05) is 24.7 Å². The van der Waals surface area contributed by atoms with Gasteiger partial charge in [0.2, 0.25) is 11.8 Å². The van der Waals surface area contributed by atoms with Crippen molar-refractivity contribution in [1.82, 2.24) is 9.80 Å². The van der Waals surface area contributed by atoms with Gasteiger partial charge in [-0.2, -0.15) is 13.2 Å². The maximum atomic E-state index is 12.8. The quantitative estimate of drug-likeness (QED) is 0.699. The van der Waals surface area contributed by atoms with Crippen LogP contribution in [-0.4, -0.2) is 52.4 Å². The van der Waals surface area contributed by atoms with Gasteiger partial charge < -0.3 is 9.80 Å². The van der Waals surface area contributed by atoms with Crippen LogP contribution in [0.25, 0.3) is 6.08 Å². The van der Waals surface area contributed by atoms with Crippen LogP contribution in [0.15, 0.2) is 24.3 Å². The minimum absolute atomic E-state index is 0.0589. The molecule has 0 bridgehead atoms. The summed E-state index contributed by atoms with van der Waals surface area (Å²) in [5.74, 6) is 0.436. The van der Waals surface area contributed by atoms with Gasteiger partial charge >= 0.3 is 6.18 Å². The second-order valence-corrected chi connectivity index (χ2v) is 7.83. The standard InChI is InChI=1S/C18H18ClF3N2O2S/c19-14-5-4-13(18(20,21)22)9-12(14)3-6-16(25)24-11-27-10-15(24)17(26)23-7-1-2-8-23/h3-6,9,15H,1-2,7-8,10-11H2/b6-3+. The lowest BCUT2D eigenvalue weighted by Crippen LogP contribution is -2.47. The number of hydrogen-bond donors (Lipinski definition) is 0. The van der Waals surface area contributed by atoms with Gasteiger partial charge in [0.05, 0.1) is 11.4 Å². The molecule has 146 valence electrons. The van der Waals surface area contributed by atoms with Crippen molar-refractivity contribution in [3.05, 3.63) is 40.4 Å². The molecule has 1 unspecified atom stereocenters. The van der Waals surface area contributed by atoms with Crippen molar-refractivity contribution in [3.63, 3.8) is 0 Å². The average molecular weight is 419 g/mol. The number of halogens is 4. The summed E-state index contributed by atoms with van der Waals surface area (Å²) in [4.78, 5) is 28.4. The van der Waals surface area contributed by atoms with E-state index >= 15 is 0 Å². The summed E-state index contributed by atoms with van der Waals surface area (Å²) >= 11 is 7.43. The van der Waals surface area contributed by atoms with Gasteiger partial charge in [-0.05, 0) is 42.7 Å². The lowest BCUT2D eigenvalue weighted by Gasteiger charge is -2.26. The summed E-state index contributed by atoms with van der Waals surface area (Å²) in [6, 6.07) is 2.42. The average Bonchev–Trinajstić information content (AvgIpc) is 3.30. The van der Waals surface area contributed by atoms with E-state index < -0.39 is 23.7 Å². The molecule has 2 aliphatic heterocycles. The van der Waals surface area contributed by atoms with Crippen LogP contribution in [0.1, 0.15) is 24.0 Å². The number of amides is 2. The third kappa shape index (κ3) is 4.60. The molecule has 2 fully saturated rings. The smallest absolute Gasteiger partial charge is 0.341 e. The van der Waals surface area contributed by atoms with Crippen LogP contribution in [0.4, 0.5) is 13.2 Å². The van der Waals surface area contributed by atoms with E-state index in [4.69, 9.17) is 11.6 Å². The van der Waals surface area contributed by atoms with Crippen molar-refractivity contribution in [1.29, 1.82) is 0 Å². The highest BCUT2D eigenvalue weighted by molar-refractivity contribution is 7.99. The number of nitrogens with zero attached hydrogens (tertiary/aromatic N) is 2. The molecule has 1 atom stereocenters. The summed E-state index contributed by atoms with van der Waals surface area (Å²) in [6.45, 7) is 1.41. The predicted molar refractivity (Wildman–Crippen MR) is 99.3 cm³/mol. The largest absolute Gasteiger partial charge is 0.416 e. The molecule has 1 aromatic carbocycles. The summed E-state index contributed by atoms with van der Waals surface area (Å²) in [6.07, 6.45) is -0.116. The first-order chi connectivity index (χ1) is 12.8. The van der Waals surface area contributed by atoms with Crippen LogP contribution in [0.2, 0.25) is 5.02 Å². The van der Waals surface area contributed by atoms with Gasteiger partial charge in [0.25, 0.3) is 0 Å². The van der Waals surface area contributed by atoms with E-state index in [1.807, 2.05) is 0 Å². The van der Waals surface area contributed by atoms with Gasteiger partial charge in [-0.15, -0.1) is 11.8 Å². The first kappa shape index (κ1) is 20.1. The molecule has 0 aromatic heterocycles. The number of hydrogen-bond acceptors (Lipinski definition) is 3. The molecule has 27 heavy (non-hydrogen) atoms. The third-order valence-corrected chi connectivity index (χ3v) is 5.95. The molecule has 0 spiro atoms. The highest BCUT2D eigenvalue weighted by Crippen LogP contribution is 2.32. The fourth-order valence-electron chi connectivity index (χ4n) is 3.12. The van der Waals surface area contributed by atoms with Crippen molar-refractivity contribution in [3.8, 4) is 0 Å². The molecule has 1 aromatic rings. The van der Waals surface area contributed by atoms with E-state index in [2.05, 4.69) is 0 Å². The number of alkyl halides is 3. The topological polar surface area (TPSA) is 40.6 Å². The Bertz CT molecular complexity index is 763. The molecule has 0 radical (unpaired) electrons. The number of carbonyl (C=O) groups is 2. The van der Waals surface area contributed by atoms with Gasteiger partial charge in [0.1, 0.15) is 6.04 Å². The Morgan fingerprint density at radius 2 is 1.93 bits per heavy atom. The maximum Gasteiger partial charge on any atom is 0.416 e. The molecule has 2 saturated heterocycles. The summed E-state index contributed by atoms with van der Waals surface area (Å²) < 4.78 is 38.5. The second kappa shape index (κ2) is 8.14. The van der Waals surface area contributed by atoms with Crippen molar-refractivity contribution < 1.29 is 22.8 Å². The van der Waals surface area contributed by atoms with E-state index in [-0.39, 0.29) is 16.5 Å². The second-order valence-electron chi connectivity index (χ2n) is 6.42. The summed E-state index contributed by atoms with van der Waals surface area (Å²) in [7, 11) is 0. The van der Waals surface area contributed by atoms with Gasteiger partial charge in [0.15, 0.2) is 0 Å². The van der Waals surface area contributed by atoms with Gasteiger partial charge in [-0.25, -0.2) is 0 Å². The lowest BCUT2D eigenvalue weighted by atomic mass is 10.1. The number of benzene rings is 1. The zero-order valence-electron chi connectivity index (χ0n) is 14.3. The molecule has 4 nitrogen and oxygen atoms in total. The fraction of sp³-hybridized carbons (Fsp3) is 0.444. The molecular formula is C18H18ClF3N2O2S. The van der Waals surface area contributed by atoms with Crippen LogP contribution in [-0.2, 0) is 15.8 Å². The minimum Gasteiger partial charge on any atom is -0.341 e. The molecular weight excluding hydrogens is 401 g/mol. The Balaban J connectivity index is 1.73. The van der Waals surface area contributed by atoms with Crippen LogP contribution >= 0.6 is 23.4 Å². The molecule has 2 heterocycles. The normalized spacial score (nSPS) is 20.7. The van der Waals surface area contributed by atoms with E-state index in [9.17, 15) is 22.8 Å². The van der Waals surface area contributed by atoms with E-state index in [0.29, 0.717) is 24.7 Å². The van der Waals surface area contributed by atoms with E-state index in [1.54, 1.807) is 4.90 Å². The fourth-order valence-corrected chi connectivity index (χ4v) is 4.45. The molecule has 0 N–H and O–H groups in total. The minimum atomic E-state index is -4.49. The highest BCUT2D eigenvalue weighted by Gasteiger charge is 2.37.